The standard InChI is InChI=1S/C13H13ClO3/c1-9-7-13(15)17-12-8-10(3-4-11(9)12)16-6-2-5-14/h3-4,7-8H,2,5-6H2,1H3. The summed E-state index contributed by atoms with van der Waals surface area (Å²) in [5.41, 5.74) is 1.12. The molecule has 1 heterocycles. The quantitative estimate of drug-likeness (QED) is 0.477. The summed E-state index contributed by atoms with van der Waals surface area (Å²) in [5, 5.41) is 0.925. The number of ether oxygens (including phenoxy) is 1. The molecule has 0 radical (unpaired) electrons. The van der Waals surface area contributed by atoms with E-state index in [0.29, 0.717) is 23.8 Å². The van der Waals surface area contributed by atoms with Crippen LogP contribution in [0.2, 0.25) is 0 Å². The Bertz CT molecular complexity index is 574. The molecule has 0 fully saturated rings. The first-order valence-electron chi connectivity index (χ1n) is 5.44. The van der Waals surface area contributed by atoms with Gasteiger partial charge in [0.1, 0.15) is 11.3 Å². The minimum Gasteiger partial charge on any atom is -0.493 e. The Hall–Kier alpha value is -1.48. The van der Waals surface area contributed by atoms with Crippen molar-refractivity contribution in [3.8, 4) is 5.75 Å². The van der Waals surface area contributed by atoms with Gasteiger partial charge in [0.15, 0.2) is 0 Å². The molecular formula is C13H13ClO3. The lowest BCUT2D eigenvalue weighted by molar-refractivity contribution is 0.318. The number of fused-ring (bicyclic) bond motifs is 1. The minimum atomic E-state index is -0.340. The number of aryl methyl sites for hydroxylation is 1. The zero-order chi connectivity index (χ0) is 12.3. The number of alkyl halides is 1. The van der Waals surface area contributed by atoms with E-state index in [1.54, 1.807) is 6.07 Å². The van der Waals surface area contributed by atoms with Crippen molar-refractivity contribution in [2.75, 3.05) is 12.5 Å². The van der Waals surface area contributed by atoms with Crippen LogP contribution in [0, 0.1) is 6.92 Å². The van der Waals surface area contributed by atoms with E-state index < -0.39 is 0 Å². The zero-order valence-electron chi connectivity index (χ0n) is 9.53. The average molecular weight is 253 g/mol. The molecule has 0 aliphatic heterocycles. The van der Waals surface area contributed by atoms with Gasteiger partial charge in [-0.15, -0.1) is 11.6 Å². The topological polar surface area (TPSA) is 39.4 Å². The molecule has 0 amide bonds. The van der Waals surface area contributed by atoms with Crippen LogP contribution in [0.1, 0.15) is 12.0 Å². The molecule has 1 aromatic carbocycles. The number of halogens is 1. The fraction of sp³-hybridized carbons (Fsp3) is 0.308. The first-order chi connectivity index (χ1) is 8.20. The van der Waals surface area contributed by atoms with Gasteiger partial charge in [-0.25, -0.2) is 4.79 Å². The van der Waals surface area contributed by atoms with Gasteiger partial charge >= 0.3 is 5.63 Å². The van der Waals surface area contributed by atoms with Gasteiger partial charge in [0.2, 0.25) is 0 Å². The van der Waals surface area contributed by atoms with E-state index in [9.17, 15) is 4.79 Å². The molecule has 2 aromatic rings. The molecule has 0 aliphatic carbocycles. The maximum absolute atomic E-state index is 11.3. The van der Waals surface area contributed by atoms with Crippen molar-refractivity contribution < 1.29 is 9.15 Å². The second-order valence-corrected chi connectivity index (χ2v) is 4.18. The van der Waals surface area contributed by atoms with Crippen molar-refractivity contribution >= 4 is 22.6 Å². The summed E-state index contributed by atoms with van der Waals surface area (Å²) in [6.07, 6.45) is 0.789. The normalized spacial score (nSPS) is 10.7. The van der Waals surface area contributed by atoms with Gasteiger partial charge < -0.3 is 9.15 Å². The van der Waals surface area contributed by atoms with E-state index in [0.717, 1.165) is 17.4 Å². The van der Waals surface area contributed by atoms with Gasteiger partial charge in [0.05, 0.1) is 6.61 Å². The highest BCUT2D eigenvalue weighted by Crippen LogP contribution is 2.22. The maximum atomic E-state index is 11.3. The smallest absolute Gasteiger partial charge is 0.336 e. The molecule has 0 bridgehead atoms. The third-order valence-electron chi connectivity index (χ3n) is 2.47. The Morgan fingerprint density at radius 2 is 2.18 bits per heavy atom. The monoisotopic (exact) mass is 252 g/mol. The Labute approximate surface area is 104 Å². The molecule has 0 saturated carbocycles. The van der Waals surface area contributed by atoms with Gasteiger partial charge in [0.25, 0.3) is 0 Å². The molecule has 90 valence electrons. The van der Waals surface area contributed by atoms with Crippen LogP contribution < -0.4 is 10.4 Å². The summed E-state index contributed by atoms with van der Waals surface area (Å²) in [5.74, 6) is 1.26. The van der Waals surface area contributed by atoms with Crippen LogP contribution in [0.4, 0.5) is 0 Å². The van der Waals surface area contributed by atoms with Gasteiger partial charge in [-0.05, 0) is 31.0 Å². The second kappa shape index (κ2) is 5.23. The average Bonchev–Trinajstić information content (AvgIpc) is 2.28. The van der Waals surface area contributed by atoms with Crippen LogP contribution in [0.25, 0.3) is 11.0 Å². The van der Waals surface area contributed by atoms with E-state index in [1.165, 1.54) is 6.07 Å². The molecule has 0 saturated heterocycles. The first-order valence-corrected chi connectivity index (χ1v) is 5.97. The summed E-state index contributed by atoms with van der Waals surface area (Å²) in [6.45, 7) is 2.44. The SMILES string of the molecule is Cc1cc(=O)oc2cc(OCCCCl)ccc12. The molecule has 2 rings (SSSR count). The fourth-order valence-electron chi connectivity index (χ4n) is 1.64. The van der Waals surface area contributed by atoms with Crippen molar-refractivity contribution in [1.82, 2.24) is 0 Å². The highest BCUT2D eigenvalue weighted by Gasteiger charge is 2.03. The van der Waals surface area contributed by atoms with E-state index in [2.05, 4.69) is 0 Å². The van der Waals surface area contributed by atoms with Gasteiger partial charge in [-0.1, -0.05) is 0 Å². The largest absolute Gasteiger partial charge is 0.493 e. The molecule has 0 spiro atoms. The van der Waals surface area contributed by atoms with E-state index >= 15 is 0 Å². The first kappa shape index (κ1) is 12.0. The lowest BCUT2D eigenvalue weighted by Crippen LogP contribution is -2.00. The Balaban J connectivity index is 2.33. The maximum Gasteiger partial charge on any atom is 0.336 e. The third-order valence-corrected chi connectivity index (χ3v) is 2.74. The van der Waals surface area contributed by atoms with Crippen LogP contribution >= 0.6 is 11.6 Å². The van der Waals surface area contributed by atoms with E-state index in [1.807, 2.05) is 19.1 Å². The van der Waals surface area contributed by atoms with Crippen molar-refractivity contribution in [3.63, 3.8) is 0 Å². The summed E-state index contributed by atoms with van der Waals surface area (Å²) in [7, 11) is 0. The van der Waals surface area contributed by atoms with Crippen LogP contribution in [-0.2, 0) is 0 Å². The van der Waals surface area contributed by atoms with Crippen LogP contribution in [-0.4, -0.2) is 12.5 Å². The van der Waals surface area contributed by atoms with Crippen LogP contribution in [0.3, 0.4) is 0 Å². The summed E-state index contributed by atoms with van der Waals surface area (Å²) >= 11 is 5.56. The summed E-state index contributed by atoms with van der Waals surface area (Å²) in [6, 6.07) is 6.97. The lowest BCUT2D eigenvalue weighted by atomic mass is 10.1. The molecular weight excluding hydrogens is 240 g/mol. The van der Waals surface area contributed by atoms with Crippen LogP contribution in [0.15, 0.2) is 33.5 Å². The Kier molecular flexibility index (Phi) is 3.69. The van der Waals surface area contributed by atoms with Crippen LogP contribution in [0.5, 0.6) is 5.75 Å². The molecule has 0 N–H and O–H groups in total. The fourth-order valence-corrected chi connectivity index (χ4v) is 1.75. The molecule has 0 unspecified atom stereocenters. The predicted octanol–water partition coefficient (Wildman–Crippen LogP) is 3.11. The van der Waals surface area contributed by atoms with Gasteiger partial charge in [0, 0.05) is 23.4 Å². The summed E-state index contributed by atoms with van der Waals surface area (Å²) < 4.78 is 10.6. The lowest BCUT2D eigenvalue weighted by Gasteiger charge is -2.06. The highest BCUT2D eigenvalue weighted by molar-refractivity contribution is 6.17. The van der Waals surface area contributed by atoms with Crippen molar-refractivity contribution in [3.05, 3.63) is 40.2 Å². The number of hydrogen-bond acceptors (Lipinski definition) is 3. The number of rotatable bonds is 4. The third kappa shape index (κ3) is 2.80. The molecule has 3 nitrogen and oxygen atoms in total. The van der Waals surface area contributed by atoms with Gasteiger partial charge in [-0.3, -0.25) is 0 Å². The number of hydrogen-bond donors (Lipinski definition) is 0. The number of benzene rings is 1. The predicted molar refractivity (Wildman–Crippen MR) is 68.1 cm³/mol. The second-order valence-electron chi connectivity index (χ2n) is 3.80. The van der Waals surface area contributed by atoms with Crippen molar-refractivity contribution in [1.29, 1.82) is 0 Å². The molecule has 0 atom stereocenters. The van der Waals surface area contributed by atoms with Crippen molar-refractivity contribution in [2.24, 2.45) is 0 Å². The minimum absolute atomic E-state index is 0.340. The molecule has 17 heavy (non-hydrogen) atoms. The van der Waals surface area contributed by atoms with E-state index in [4.69, 9.17) is 20.8 Å². The Morgan fingerprint density at radius 3 is 2.94 bits per heavy atom. The van der Waals surface area contributed by atoms with E-state index in [-0.39, 0.29) is 5.63 Å². The summed E-state index contributed by atoms with van der Waals surface area (Å²) in [4.78, 5) is 11.3. The molecule has 1 aromatic heterocycles. The highest BCUT2D eigenvalue weighted by atomic mass is 35.5. The Morgan fingerprint density at radius 1 is 1.35 bits per heavy atom. The molecule has 0 aliphatic rings. The van der Waals surface area contributed by atoms with Crippen molar-refractivity contribution in [2.45, 2.75) is 13.3 Å². The molecule has 4 heteroatoms. The van der Waals surface area contributed by atoms with Gasteiger partial charge in [-0.2, -0.15) is 0 Å². The zero-order valence-corrected chi connectivity index (χ0v) is 10.3.